The van der Waals surface area contributed by atoms with E-state index in [1.54, 1.807) is 0 Å². The van der Waals surface area contributed by atoms with Crippen molar-refractivity contribution in [1.29, 1.82) is 0 Å². The third-order valence-corrected chi connectivity index (χ3v) is 2.70. The molecule has 0 aliphatic carbocycles. The normalized spacial score (nSPS) is 12.9. The maximum atomic E-state index is 11.2. The lowest BCUT2D eigenvalue weighted by Gasteiger charge is -2.10. The lowest BCUT2D eigenvalue weighted by atomic mass is 10.1. The van der Waals surface area contributed by atoms with E-state index in [1.807, 2.05) is 26.0 Å². The highest BCUT2D eigenvalue weighted by molar-refractivity contribution is 6.00. The highest BCUT2D eigenvalue weighted by Crippen LogP contribution is 2.31. The summed E-state index contributed by atoms with van der Waals surface area (Å²) in [4.78, 5) is 11.2. The smallest absolute Gasteiger partial charge is 0.228 e. The number of amides is 1. The number of carbonyl (C=O) groups is 1. The minimum absolute atomic E-state index is 0.0286. The van der Waals surface area contributed by atoms with Gasteiger partial charge in [0.15, 0.2) is 0 Å². The van der Waals surface area contributed by atoms with Crippen molar-refractivity contribution in [1.82, 2.24) is 0 Å². The van der Waals surface area contributed by atoms with E-state index in [-0.39, 0.29) is 5.91 Å². The summed E-state index contributed by atoms with van der Waals surface area (Å²) in [7, 11) is 0. The number of carbonyl (C=O) groups excluding carboxylic acids is 1. The molecule has 4 heteroatoms. The number of rotatable bonds is 3. The molecule has 1 heterocycles. The summed E-state index contributed by atoms with van der Waals surface area (Å²) in [6.07, 6.45) is 2.51. The van der Waals surface area contributed by atoms with E-state index in [1.165, 1.54) is 5.57 Å². The molecule has 4 nitrogen and oxygen atoms in total. The minimum Gasteiger partial charge on any atom is -0.397 e. The third kappa shape index (κ3) is 2.58. The Kier molecular flexibility index (Phi) is 3.04. The van der Waals surface area contributed by atoms with E-state index >= 15 is 0 Å². The summed E-state index contributed by atoms with van der Waals surface area (Å²) in [6.45, 7) is 4.83. The molecule has 0 fully saturated rings. The molecule has 1 aliphatic heterocycles. The molecule has 1 aliphatic rings. The van der Waals surface area contributed by atoms with Crippen molar-refractivity contribution in [2.45, 2.75) is 20.3 Å². The number of allylic oxidation sites excluding steroid dienone is 1. The largest absolute Gasteiger partial charge is 0.397 e. The zero-order valence-corrected chi connectivity index (χ0v) is 10.1. The van der Waals surface area contributed by atoms with Crippen LogP contribution in [0.1, 0.15) is 19.4 Å². The second-order valence-corrected chi connectivity index (χ2v) is 4.48. The van der Waals surface area contributed by atoms with Gasteiger partial charge in [0.25, 0.3) is 0 Å². The number of hydrogen-bond acceptors (Lipinski definition) is 3. The quantitative estimate of drug-likeness (QED) is 0.551. The van der Waals surface area contributed by atoms with Crippen LogP contribution in [0.5, 0.6) is 0 Å². The van der Waals surface area contributed by atoms with E-state index in [9.17, 15) is 4.79 Å². The molecular weight excluding hydrogens is 214 g/mol. The van der Waals surface area contributed by atoms with E-state index in [2.05, 4.69) is 16.7 Å². The molecule has 1 aromatic rings. The standard InChI is InChI=1S/C13H17N3O/c1-8(2)3-4-15-12-7-11-9(5-10(12)14)6-13(17)16-11/h3,5,7,15H,4,6,14H2,1-2H3,(H,16,17). The Hall–Kier alpha value is -1.97. The maximum Gasteiger partial charge on any atom is 0.228 e. The van der Waals surface area contributed by atoms with Gasteiger partial charge in [0.2, 0.25) is 5.91 Å². The number of hydrogen-bond donors (Lipinski definition) is 3. The molecule has 0 aromatic heterocycles. The molecule has 0 atom stereocenters. The van der Waals surface area contributed by atoms with Crippen LogP contribution in [0.4, 0.5) is 17.1 Å². The number of nitrogen functional groups attached to an aromatic ring is 1. The van der Waals surface area contributed by atoms with Gasteiger partial charge in [-0.3, -0.25) is 4.79 Å². The Morgan fingerprint density at radius 2 is 2.29 bits per heavy atom. The third-order valence-electron chi connectivity index (χ3n) is 2.70. The summed E-state index contributed by atoms with van der Waals surface area (Å²) in [5.74, 6) is 0.0286. The Morgan fingerprint density at radius 1 is 1.53 bits per heavy atom. The van der Waals surface area contributed by atoms with E-state index < -0.39 is 0 Å². The van der Waals surface area contributed by atoms with Gasteiger partial charge in [0.05, 0.1) is 17.8 Å². The van der Waals surface area contributed by atoms with Gasteiger partial charge in [0.1, 0.15) is 0 Å². The summed E-state index contributed by atoms with van der Waals surface area (Å²) in [5, 5.41) is 6.05. The average Bonchev–Trinajstić information content (AvgIpc) is 2.57. The van der Waals surface area contributed by atoms with Crippen molar-refractivity contribution in [2.24, 2.45) is 0 Å². The van der Waals surface area contributed by atoms with Crippen LogP contribution < -0.4 is 16.4 Å². The molecule has 1 aromatic carbocycles. The van der Waals surface area contributed by atoms with Crippen LogP contribution >= 0.6 is 0 Å². The van der Waals surface area contributed by atoms with Gasteiger partial charge in [-0.15, -0.1) is 0 Å². The zero-order chi connectivity index (χ0) is 12.4. The lowest BCUT2D eigenvalue weighted by Crippen LogP contribution is -2.04. The fourth-order valence-corrected chi connectivity index (χ4v) is 1.81. The summed E-state index contributed by atoms with van der Waals surface area (Å²) < 4.78 is 0. The number of anilines is 3. The van der Waals surface area contributed by atoms with Gasteiger partial charge in [-0.05, 0) is 31.5 Å². The van der Waals surface area contributed by atoms with E-state index in [0.717, 1.165) is 23.5 Å². The van der Waals surface area contributed by atoms with Crippen molar-refractivity contribution in [3.63, 3.8) is 0 Å². The molecule has 0 unspecified atom stereocenters. The monoisotopic (exact) mass is 231 g/mol. The molecule has 4 N–H and O–H groups in total. The van der Waals surface area contributed by atoms with Crippen LogP contribution in [0.15, 0.2) is 23.8 Å². The highest BCUT2D eigenvalue weighted by Gasteiger charge is 2.18. The van der Waals surface area contributed by atoms with Crippen LogP contribution in [0.25, 0.3) is 0 Å². The van der Waals surface area contributed by atoms with Gasteiger partial charge >= 0.3 is 0 Å². The molecule has 1 amide bonds. The molecule has 0 radical (unpaired) electrons. The van der Waals surface area contributed by atoms with Gasteiger partial charge in [-0.1, -0.05) is 11.6 Å². The van der Waals surface area contributed by atoms with Crippen molar-refractivity contribution in [3.8, 4) is 0 Å². The highest BCUT2D eigenvalue weighted by atomic mass is 16.1. The second kappa shape index (κ2) is 4.49. The van der Waals surface area contributed by atoms with Crippen molar-refractivity contribution < 1.29 is 4.79 Å². The Bertz CT molecular complexity index is 488. The van der Waals surface area contributed by atoms with E-state index in [0.29, 0.717) is 12.1 Å². The number of nitrogens with two attached hydrogens (primary N) is 1. The van der Waals surface area contributed by atoms with Crippen molar-refractivity contribution in [3.05, 3.63) is 29.3 Å². The molecular formula is C13H17N3O. The first-order chi connectivity index (χ1) is 8.06. The summed E-state index contributed by atoms with van der Waals surface area (Å²) in [5.41, 5.74) is 10.6. The van der Waals surface area contributed by atoms with Crippen LogP contribution in [0, 0.1) is 0 Å². The van der Waals surface area contributed by atoms with Gasteiger partial charge in [-0.2, -0.15) is 0 Å². The van der Waals surface area contributed by atoms with Gasteiger partial charge in [0, 0.05) is 12.2 Å². The fraction of sp³-hybridized carbons (Fsp3) is 0.308. The van der Waals surface area contributed by atoms with Gasteiger partial charge < -0.3 is 16.4 Å². The second-order valence-electron chi connectivity index (χ2n) is 4.48. The summed E-state index contributed by atoms with van der Waals surface area (Å²) in [6, 6.07) is 3.76. The van der Waals surface area contributed by atoms with Gasteiger partial charge in [-0.25, -0.2) is 0 Å². The average molecular weight is 231 g/mol. The Balaban J connectivity index is 2.16. The predicted octanol–water partition coefficient (Wildman–Crippen LogP) is 2.14. The molecule has 0 saturated heterocycles. The molecule has 0 saturated carbocycles. The fourth-order valence-electron chi connectivity index (χ4n) is 1.81. The summed E-state index contributed by atoms with van der Waals surface area (Å²) >= 11 is 0. The molecule has 90 valence electrons. The minimum atomic E-state index is 0.0286. The Labute approximate surface area is 101 Å². The maximum absolute atomic E-state index is 11.2. The molecule has 2 rings (SSSR count). The van der Waals surface area contributed by atoms with Crippen LogP contribution in [0.3, 0.4) is 0 Å². The van der Waals surface area contributed by atoms with Crippen LogP contribution in [-0.2, 0) is 11.2 Å². The number of fused-ring (bicyclic) bond motifs is 1. The zero-order valence-electron chi connectivity index (χ0n) is 10.1. The first kappa shape index (κ1) is 11.5. The lowest BCUT2D eigenvalue weighted by molar-refractivity contribution is -0.115. The molecule has 0 spiro atoms. The first-order valence-electron chi connectivity index (χ1n) is 5.66. The van der Waals surface area contributed by atoms with Crippen molar-refractivity contribution in [2.75, 3.05) is 22.9 Å². The van der Waals surface area contributed by atoms with Crippen molar-refractivity contribution >= 4 is 23.0 Å². The number of benzene rings is 1. The molecule has 17 heavy (non-hydrogen) atoms. The van der Waals surface area contributed by atoms with E-state index in [4.69, 9.17) is 5.73 Å². The van der Waals surface area contributed by atoms with Crippen LogP contribution in [0.2, 0.25) is 0 Å². The number of nitrogens with one attached hydrogen (secondary N) is 2. The molecule has 0 bridgehead atoms. The topological polar surface area (TPSA) is 67.1 Å². The Morgan fingerprint density at radius 3 is 3.00 bits per heavy atom. The first-order valence-corrected chi connectivity index (χ1v) is 5.66. The van der Waals surface area contributed by atoms with Crippen LogP contribution in [-0.4, -0.2) is 12.5 Å². The SMILES string of the molecule is CC(C)=CCNc1cc2c(cc1N)CC(=O)N2. The predicted molar refractivity (Wildman–Crippen MR) is 71.1 cm³/mol.